The maximum Gasteiger partial charge on any atom is 0.257 e. The fraction of sp³-hybridized carbons (Fsp3) is 0.588. The van der Waals surface area contributed by atoms with Gasteiger partial charge < -0.3 is 10.1 Å². The van der Waals surface area contributed by atoms with E-state index in [0.717, 1.165) is 16.9 Å². The lowest BCUT2D eigenvalue weighted by atomic mass is 9.86. The molecule has 3 nitrogen and oxygen atoms in total. The summed E-state index contributed by atoms with van der Waals surface area (Å²) in [6.07, 6.45) is 0. The summed E-state index contributed by atoms with van der Waals surface area (Å²) in [5.74, 6) is 1.18. The predicted octanol–water partition coefficient (Wildman–Crippen LogP) is 3.44. The molecule has 0 atom stereocenters. The summed E-state index contributed by atoms with van der Waals surface area (Å²) in [7, 11) is 0. The minimum Gasteiger partial charge on any atom is -0.483 e. The van der Waals surface area contributed by atoms with Crippen LogP contribution in [0.3, 0.4) is 0 Å². The van der Waals surface area contributed by atoms with Gasteiger partial charge in [0, 0.05) is 6.54 Å². The average molecular weight is 277 g/mol. The van der Waals surface area contributed by atoms with Gasteiger partial charge in [-0.3, -0.25) is 4.79 Å². The molecule has 3 heteroatoms. The molecule has 0 saturated heterocycles. The molecule has 0 heterocycles. The van der Waals surface area contributed by atoms with Crippen molar-refractivity contribution in [3.8, 4) is 5.75 Å². The lowest BCUT2D eigenvalue weighted by molar-refractivity contribution is -0.123. The summed E-state index contributed by atoms with van der Waals surface area (Å²) in [5.41, 5.74) is 2.26. The molecule has 20 heavy (non-hydrogen) atoms. The third-order valence-electron chi connectivity index (χ3n) is 3.01. The second-order valence-corrected chi connectivity index (χ2v) is 6.74. The molecule has 1 N–H and O–H groups in total. The molecule has 1 aromatic carbocycles. The largest absolute Gasteiger partial charge is 0.483 e. The van der Waals surface area contributed by atoms with Gasteiger partial charge in [0.1, 0.15) is 5.75 Å². The molecule has 0 aliphatic carbocycles. The van der Waals surface area contributed by atoms with E-state index in [0.29, 0.717) is 12.5 Å². The van der Waals surface area contributed by atoms with Gasteiger partial charge in [-0.25, -0.2) is 0 Å². The zero-order valence-corrected chi connectivity index (χ0v) is 13.5. The normalized spacial score (nSPS) is 11.6. The molecule has 0 saturated carbocycles. The van der Waals surface area contributed by atoms with E-state index in [1.165, 1.54) is 0 Å². The van der Waals surface area contributed by atoms with Crippen LogP contribution in [0, 0.1) is 12.8 Å². The first-order valence-corrected chi connectivity index (χ1v) is 7.21. The molecule has 0 bridgehead atoms. The number of ether oxygens (including phenoxy) is 1. The van der Waals surface area contributed by atoms with Crippen molar-refractivity contribution in [2.75, 3.05) is 13.2 Å². The number of rotatable bonds is 5. The maximum atomic E-state index is 11.7. The van der Waals surface area contributed by atoms with Crippen LogP contribution >= 0.6 is 0 Å². The van der Waals surface area contributed by atoms with Crippen molar-refractivity contribution in [2.24, 2.45) is 5.92 Å². The highest BCUT2D eigenvalue weighted by atomic mass is 16.5. The summed E-state index contributed by atoms with van der Waals surface area (Å²) in [6.45, 7) is 13.3. The number of aryl methyl sites for hydroxylation is 1. The third-order valence-corrected chi connectivity index (χ3v) is 3.01. The Kier molecular flexibility index (Phi) is 5.61. The van der Waals surface area contributed by atoms with E-state index in [9.17, 15) is 4.79 Å². The molecule has 0 radical (unpaired) electrons. The van der Waals surface area contributed by atoms with E-state index in [1.807, 2.05) is 13.0 Å². The molecule has 1 amide bonds. The van der Waals surface area contributed by atoms with Crippen molar-refractivity contribution in [2.45, 2.75) is 47.0 Å². The monoisotopic (exact) mass is 277 g/mol. The molecule has 0 fully saturated rings. The number of hydrogen-bond acceptors (Lipinski definition) is 2. The molecule has 0 unspecified atom stereocenters. The average Bonchev–Trinajstić information content (AvgIpc) is 2.32. The predicted molar refractivity (Wildman–Crippen MR) is 83.2 cm³/mol. The molecule has 1 rings (SSSR count). The van der Waals surface area contributed by atoms with Crippen molar-refractivity contribution in [1.29, 1.82) is 0 Å². The molecular formula is C17H27NO2. The number of hydrogen-bond donors (Lipinski definition) is 1. The first-order valence-electron chi connectivity index (χ1n) is 7.21. The Bertz CT molecular complexity index is 459. The van der Waals surface area contributed by atoms with Gasteiger partial charge in [0.15, 0.2) is 6.61 Å². The van der Waals surface area contributed by atoms with Gasteiger partial charge >= 0.3 is 0 Å². The summed E-state index contributed by atoms with van der Waals surface area (Å²) < 4.78 is 5.73. The van der Waals surface area contributed by atoms with Gasteiger partial charge in [-0.15, -0.1) is 0 Å². The quantitative estimate of drug-likeness (QED) is 0.895. The maximum absolute atomic E-state index is 11.7. The van der Waals surface area contributed by atoms with Gasteiger partial charge in [0.2, 0.25) is 0 Å². The van der Waals surface area contributed by atoms with Gasteiger partial charge in [0.25, 0.3) is 5.91 Å². The van der Waals surface area contributed by atoms with Crippen LogP contribution < -0.4 is 10.1 Å². The van der Waals surface area contributed by atoms with E-state index >= 15 is 0 Å². The molecule has 0 spiro atoms. The smallest absolute Gasteiger partial charge is 0.257 e. The number of benzene rings is 1. The summed E-state index contributed by atoms with van der Waals surface area (Å²) >= 11 is 0. The van der Waals surface area contributed by atoms with Crippen molar-refractivity contribution < 1.29 is 9.53 Å². The Morgan fingerprint density at radius 3 is 2.50 bits per heavy atom. The van der Waals surface area contributed by atoms with E-state index in [2.05, 4.69) is 52.1 Å². The highest BCUT2D eigenvalue weighted by Crippen LogP contribution is 2.31. The Balaban J connectivity index is 2.72. The van der Waals surface area contributed by atoms with Crippen LogP contribution in [-0.4, -0.2) is 19.1 Å². The minimum absolute atomic E-state index is 0.00254. The summed E-state index contributed by atoms with van der Waals surface area (Å²) in [4.78, 5) is 11.7. The lowest BCUT2D eigenvalue weighted by Crippen LogP contribution is -2.32. The van der Waals surface area contributed by atoms with Crippen LogP contribution in [0.25, 0.3) is 0 Å². The summed E-state index contributed by atoms with van der Waals surface area (Å²) in [6, 6.07) is 6.15. The topological polar surface area (TPSA) is 38.3 Å². The fourth-order valence-corrected chi connectivity index (χ4v) is 1.88. The third kappa shape index (κ3) is 5.24. The minimum atomic E-state index is -0.0694. The fourth-order valence-electron chi connectivity index (χ4n) is 1.88. The van der Waals surface area contributed by atoms with Crippen LogP contribution in [0.15, 0.2) is 18.2 Å². The van der Waals surface area contributed by atoms with Crippen molar-refractivity contribution in [3.05, 3.63) is 29.3 Å². The number of nitrogens with one attached hydrogen (secondary N) is 1. The van der Waals surface area contributed by atoms with E-state index in [4.69, 9.17) is 4.74 Å². The Hall–Kier alpha value is -1.51. The van der Waals surface area contributed by atoms with Crippen LogP contribution in [0.2, 0.25) is 0 Å². The van der Waals surface area contributed by atoms with Gasteiger partial charge in [-0.1, -0.05) is 46.8 Å². The van der Waals surface area contributed by atoms with Gasteiger partial charge in [0.05, 0.1) is 0 Å². The first kappa shape index (κ1) is 16.5. The standard InChI is InChI=1S/C17H27NO2/c1-12(2)10-18-16(19)11-20-15-9-13(3)7-8-14(15)17(4,5)6/h7-9,12H,10-11H2,1-6H3,(H,18,19). The molecular weight excluding hydrogens is 250 g/mol. The molecule has 0 aliphatic heterocycles. The number of carbonyl (C=O) groups is 1. The van der Waals surface area contributed by atoms with Crippen LogP contribution in [0.4, 0.5) is 0 Å². The molecule has 112 valence electrons. The second kappa shape index (κ2) is 6.78. The summed E-state index contributed by atoms with van der Waals surface area (Å²) in [5, 5.41) is 2.86. The van der Waals surface area contributed by atoms with Crippen molar-refractivity contribution >= 4 is 5.91 Å². The van der Waals surface area contributed by atoms with Gasteiger partial charge in [-0.05, 0) is 35.4 Å². The molecule has 1 aromatic rings. The Morgan fingerprint density at radius 2 is 1.95 bits per heavy atom. The SMILES string of the molecule is Cc1ccc(C(C)(C)C)c(OCC(=O)NCC(C)C)c1. The first-order chi connectivity index (χ1) is 9.20. The Morgan fingerprint density at radius 1 is 1.30 bits per heavy atom. The highest BCUT2D eigenvalue weighted by Gasteiger charge is 2.19. The molecule has 0 aromatic heterocycles. The van der Waals surface area contributed by atoms with Crippen molar-refractivity contribution in [1.82, 2.24) is 5.32 Å². The lowest BCUT2D eigenvalue weighted by Gasteiger charge is -2.23. The van der Waals surface area contributed by atoms with Gasteiger partial charge in [-0.2, -0.15) is 0 Å². The van der Waals surface area contributed by atoms with Crippen LogP contribution in [0.1, 0.15) is 45.7 Å². The van der Waals surface area contributed by atoms with E-state index in [1.54, 1.807) is 0 Å². The number of amides is 1. The Labute approximate surface area is 122 Å². The van der Waals surface area contributed by atoms with Crippen LogP contribution in [-0.2, 0) is 10.2 Å². The zero-order chi connectivity index (χ0) is 15.3. The van der Waals surface area contributed by atoms with E-state index < -0.39 is 0 Å². The molecule has 0 aliphatic rings. The van der Waals surface area contributed by atoms with E-state index in [-0.39, 0.29) is 17.9 Å². The highest BCUT2D eigenvalue weighted by molar-refractivity contribution is 5.77. The van der Waals surface area contributed by atoms with Crippen LogP contribution in [0.5, 0.6) is 5.75 Å². The zero-order valence-electron chi connectivity index (χ0n) is 13.5. The second-order valence-electron chi connectivity index (χ2n) is 6.74. The number of carbonyl (C=O) groups excluding carboxylic acids is 1. The van der Waals surface area contributed by atoms with Crippen molar-refractivity contribution in [3.63, 3.8) is 0 Å².